The molecule has 1 heterocycles. The number of halogens is 1. The lowest BCUT2D eigenvalue weighted by atomic mass is 9.84. The third kappa shape index (κ3) is 4.53. The van der Waals surface area contributed by atoms with Gasteiger partial charge in [-0.1, -0.05) is 50.4 Å². The van der Waals surface area contributed by atoms with Crippen LogP contribution in [0.1, 0.15) is 64.0 Å². The van der Waals surface area contributed by atoms with E-state index >= 15 is 0 Å². The van der Waals surface area contributed by atoms with Gasteiger partial charge in [0.05, 0.1) is 18.8 Å². The van der Waals surface area contributed by atoms with Gasteiger partial charge in [0.15, 0.2) is 0 Å². The summed E-state index contributed by atoms with van der Waals surface area (Å²) in [7, 11) is 0. The highest BCUT2D eigenvalue weighted by molar-refractivity contribution is 6.30. The number of nitrogens with zero attached hydrogens (tertiary/aromatic N) is 2. The van der Waals surface area contributed by atoms with Gasteiger partial charge < -0.3 is 5.32 Å². The Kier molecular flexibility index (Phi) is 6.55. The van der Waals surface area contributed by atoms with E-state index < -0.39 is 0 Å². The van der Waals surface area contributed by atoms with Crippen LogP contribution in [0.15, 0.2) is 36.5 Å². The molecule has 0 unspecified atom stereocenters. The fraction of sp³-hybridized carbons (Fsp3) is 0.524. The molecule has 0 saturated heterocycles. The van der Waals surface area contributed by atoms with Crippen molar-refractivity contribution >= 4 is 23.3 Å². The number of hydrogen-bond acceptors (Lipinski definition) is 3. The van der Waals surface area contributed by atoms with Crippen molar-refractivity contribution in [3.63, 3.8) is 0 Å². The predicted molar refractivity (Wildman–Crippen MR) is 110 cm³/mol. The average molecular weight is 389 g/mol. The summed E-state index contributed by atoms with van der Waals surface area (Å²) in [4.78, 5) is 12.6. The van der Waals surface area contributed by atoms with Gasteiger partial charge in [-0.3, -0.25) is 10.1 Å². The van der Waals surface area contributed by atoms with Gasteiger partial charge in [-0.05, 0) is 43.4 Å². The normalized spacial score (nSPS) is 15.2. The van der Waals surface area contributed by atoms with Crippen molar-refractivity contribution < 1.29 is 4.79 Å². The first-order chi connectivity index (χ1) is 13.1. The Bertz CT molecular complexity index is 746. The maximum absolute atomic E-state index is 12.6. The second-order valence-corrected chi connectivity index (χ2v) is 7.73. The predicted octanol–water partition coefficient (Wildman–Crippen LogP) is 4.90. The average Bonchev–Trinajstić information content (AvgIpc) is 3.35. The topological polar surface area (TPSA) is 59.0 Å². The summed E-state index contributed by atoms with van der Waals surface area (Å²) in [6.45, 7) is 4.52. The summed E-state index contributed by atoms with van der Waals surface area (Å²) in [5.41, 5.74) is 0.911. The minimum absolute atomic E-state index is 0.0463. The molecule has 1 aliphatic rings. The second-order valence-electron chi connectivity index (χ2n) is 7.30. The number of rotatable bonds is 8. The number of nitrogens with one attached hydrogen (secondary N) is 2. The fourth-order valence-corrected chi connectivity index (χ4v) is 4.19. The first-order valence-electron chi connectivity index (χ1n) is 9.92. The highest BCUT2D eigenvalue weighted by atomic mass is 35.5. The van der Waals surface area contributed by atoms with Crippen LogP contribution < -0.4 is 10.6 Å². The minimum Gasteiger partial charge on any atom is -0.310 e. The van der Waals surface area contributed by atoms with E-state index in [0.717, 1.165) is 42.1 Å². The number of hydrogen-bond donors (Lipinski definition) is 2. The summed E-state index contributed by atoms with van der Waals surface area (Å²) in [5, 5.41) is 11.6. The molecule has 2 aromatic rings. The van der Waals surface area contributed by atoms with Crippen LogP contribution in [0.4, 0.5) is 5.82 Å². The fourth-order valence-electron chi connectivity index (χ4n) is 4.07. The standard InChI is InChI=1S/C21H29ClN4O/c1-3-21(4-2,16-9-11-17(22)12-10-16)23-15-20(27)25-19-13-14-24-26(19)18-7-5-6-8-18/h9-14,18,23H,3-8,15H2,1-2H3,(H,25,27). The molecular formula is C21H29ClN4O. The monoisotopic (exact) mass is 388 g/mol. The van der Waals surface area contributed by atoms with Crippen LogP contribution in [0.25, 0.3) is 0 Å². The lowest BCUT2D eigenvalue weighted by Crippen LogP contribution is -2.45. The lowest BCUT2D eigenvalue weighted by molar-refractivity contribution is -0.115. The zero-order valence-corrected chi connectivity index (χ0v) is 16.9. The van der Waals surface area contributed by atoms with Crippen molar-refractivity contribution in [3.8, 4) is 0 Å². The van der Waals surface area contributed by atoms with E-state index in [9.17, 15) is 4.79 Å². The highest BCUT2D eigenvalue weighted by Crippen LogP contribution is 2.31. The van der Waals surface area contributed by atoms with E-state index in [2.05, 4.69) is 29.6 Å². The Morgan fingerprint density at radius 1 is 1.19 bits per heavy atom. The SMILES string of the molecule is CCC(CC)(NCC(=O)Nc1ccnn1C1CCCC1)c1ccc(Cl)cc1. The zero-order chi connectivity index (χ0) is 19.3. The molecule has 146 valence electrons. The molecule has 0 aliphatic heterocycles. The summed E-state index contributed by atoms with van der Waals surface area (Å²) >= 11 is 6.03. The van der Waals surface area contributed by atoms with Crippen molar-refractivity contribution in [2.24, 2.45) is 0 Å². The molecule has 5 nitrogen and oxygen atoms in total. The third-order valence-corrected chi connectivity index (χ3v) is 6.05. The quantitative estimate of drug-likeness (QED) is 0.676. The number of carbonyl (C=O) groups is 1. The van der Waals surface area contributed by atoms with Crippen molar-refractivity contribution in [1.82, 2.24) is 15.1 Å². The Morgan fingerprint density at radius 3 is 2.48 bits per heavy atom. The van der Waals surface area contributed by atoms with Crippen LogP contribution in [0.2, 0.25) is 5.02 Å². The number of amides is 1. The Labute approximate surface area is 166 Å². The summed E-state index contributed by atoms with van der Waals surface area (Å²) in [6, 6.07) is 10.2. The highest BCUT2D eigenvalue weighted by Gasteiger charge is 2.28. The van der Waals surface area contributed by atoms with Crippen LogP contribution in [-0.2, 0) is 10.3 Å². The summed E-state index contributed by atoms with van der Waals surface area (Å²) in [5.74, 6) is 0.744. The molecule has 0 bridgehead atoms. The smallest absolute Gasteiger partial charge is 0.239 e. The Hall–Kier alpha value is -1.85. The molecule has 1 fully saturated rings. The van der Waals surface area contributed by atoms with Crippen molar-refractivity contribution in [1.29, 1.82) is 0 Å². The Morgan fingerprint density at radius 2 is 1.85 bits per heavy atom. The molecule has 1 amide bonds. The van der Waals surface area contributed by atoms with Crippen LogP contribution >= 0.6 is 11.6 Å². The maximum Gasteiger partial charge on any atom is 0.239 e. The van der Waals surface area contributed by atoms with E-state index in [-0.39, 0.29) is 18.0 Å². The number of carbonyl (C=O) groups excluding carboxylic acids is 1. The van der Waals surface area contributed by atoms with Gasteiger partial charge in [0.25, 0.3) is 0 Å². The van der Waals surface area contributed by atoms with Crippen molar-refractivity contribution in [3.05, 3.63) is 47.1 Å². The van der Waals surface area contributed by atoms with Gasteiger partial charge in [0.1, 0.15) is 5.82 Å². The number of aromatic nitrogens is 2. The van der Waals surface area contributed by atoms with E-state index in [1.54, 1.807) is 6.20 Å². The first kappa shape index (κ1) is 19.9. The van der Waals surface area contributed by atoms with E-state index in [1.165, 1.54) is 12.8 Å². The molecule has 0 spiro atoms. The van der Waals surface area contributed by atoms with Crippen molar-refractivity contribution in [2.45, 2.75) is 64.0 Å². The first-order valence-corrected chi connectivity index (χ1v) is 10.3. The second kappa shape index (κ2) is 8.89. The lowest BCUT2D eigenvalue weighted by Gasteiger charge is -2.33. The maximum atomic E-state index is 12.6. The van der Waals surface area contributed by atoms with Crippen LogP contribution in [0.3, 0.4) is 0 Å². The van der Waals surface area contributed by atoms with Gasteiger partial charge in [-0.2, -0.15) is 5.10 Å². The largest absolute Gasteiger partial charge is 0.310 e. The Balaban J connectivity index is 1.65. The minimum atomic E-state index is -0.242. The van der Waals surface area contributed by atoms with Crippen LogP contribution in [-0.4, -0.2) is 22.2 Å². The zero-order valence-electron chi connectivity index (χ0n) is 16.2. The van der Waals surface area contributed by atoms with Crippen LogP contribution in [0, 0.1) is 0 Å². The van der Waals surface area contributed by atoms with Gasteiger partial charge in [0, 0.05) is 16.6 Å². The molecule has 1 saturated carbocycles. The molecule has 1 aromatic carbocycles. The van der Waals surface area contributed by atoms with Gasteiger partial charge in [0.2, 0.25) is 5.91 Å². The summed E-state index contributed by atoms with van der Waals surface area (Å²) < 4.78 is 1.97. The molecule has 1 aromatic heterocycles. The molecule has 2 N–H and O–H groups in total. The molecule has 27 heavy (non-hydrogen) atoms. The third-order valence-electron chi connectivity index (χ3n) is 5.80. The molecule has 0 radical (unpaired) electrons. The van der Waals surface area contributed by atoms with E-state index in [1.807, 2.05) is 35.0 Å². The number of anilines is 1. The molecule has 6 heteroatoms. The summed E-state index contributed by atoms with van der Waals surface area (Å²) in [6.07, 6.45) is 8.27. The molecule has 1 aliphatic carbocycles. The number of benzene rings is 1. The van der Waals surface area contributed by atoms with Gasteiger partial charge >= 0.3 is 0 Å². The van der Waals surface area contributed by atoms with Crippen LogP contribution in [0.5, 0.6) is 0 Å². The molecular weight excluding hydrogens is 360 g/mol. The van der Waals surface area contributed by atoms with Crippen molar-refractivity contribution in [2.75, 3.05) is 11.9 Å². The van der Waals surface area contributed by atoms with E-state index in [4.69, 9.17) is 11.6 Å². The van der Waals surface area contributed by atoms with E-state index in [0.29, 0.717) is 6.04 Å². The van der Waals surface area contributed by atoms with Gasteiger partial charge in [-0.25, -0.2) is 4.68 Å². The molecule has 0 atom stereocenters. The van der Waals surface area contributed by atoms with Gasteiger partial charge in [-0.15, -0.1) is 0 Å². The molecule has 3 rings (SSSR count).